The first kappa shape index (κ1) is 18.1. The summed E-state index contributed by atoms with van der Waals surface area (Å²) in [6.45, 7) is 7.53. The number of piperazine rings is 1. The van der Waals surface area contributed by atoms with Gasteiger partial charge in [0.1, 0.15) is 5.71 Å². The highest BCUT2D eigenvalue weighted by Gasteiger charge is 2.42. The summed E-state index contributed by atoms with van der Waals surface area (Å²) in [5, 5.41) is 6.62. The molecule has 146 valence electrons. The predicted molar refractivity (Wildman–Crippen MR) is 117 cm³/mol. The average Bonchev–Trinajstić information content (AvgIpc) is 3.35. The van der Waals surface area contributed by atoms with Crippen molar-refractivity contribution in [2.75, 3.05) is 36.8 Å². The zero-order valence-corrected chi connectivity index (χ0v) is 17.8. The van der Waals surface area contributed by atoms with Crippen LogP contribution in [0.5, 0.6) is 0 Å². The van der Waals surface area contributed by atoms with Crippen LogP contribution in [-0.4, -0.2) is 48.5 Å². The zero-order valence-electron chi connectivity index (χ0n) is 16.1. The third-order valence-corrected chi connectivity index (χ3v) is 8.34. The molecule has 1 saturated heterocycles. The van der Waals surface area contributed by atoms with Gasteiger partial charge in [-0.2, -0.15) is 5.10 Å². The van der Waals surface area contributed by atoms with E-state index in [2.05, 4.69) is 58.9 Å². The first-order valence-corrected chi connectivity index (χ1v) is 11.6. The van der Waals surface area contributed by atoms with Gasteiger partial charge in [-0.3, -0.25) is 4.79 Å². The topological polar surface area (TPSA) is 47.9 Å². The molecule has 5 nitrogen and oxygen atoms in total. The SMILES string of the molecule is Cc1ccc(C)c(N2CCN(C(=O)C3=NNC4c5ccsc5SCC34)CC2)c1. The number of thioether (sulfide) groups is 1. The fraction of sp³-hybridized carbons (Fsp3) is 0.429. The van der Waals surface area contributed by atoms with E-state index in [9.17, 15) is 4.79 Å². The van der Waals surface area contributed by atoms with Gasteiger partial charge in [-0.1, -0.05) is 12.1 Å². The van der Waals surface area contributed by atoms with E-state index in [1.54, 1.807) is 11.3 Å². The lowest BCUT2D eigenvalue weighted by Crippen LogP contribution is -2.51. The normalized spacial score (nSPS) is 23.7. The van der Waals surface area contributed by atoms with Crippen molar-refractivity contribution in [3.05, 3.63) is 46.3 Å². The van der Waals surface area contributed by atoms with Crippen molar-refractivity contribution in [3.63, 3.8) is 0 Å². The number of hydrazone groups is 1. The molecule has 0 bridgehead atoms. The lowest BCUT2D eigenvalue weighted by atomic mass is 9.92. The lowest BCUT2D eigenvalue weighted by Gasteiger charge is -2.37. The smallest absolute Gasteiger partial charge is 0.270 e. The zero-order chi connectivity index (χ0) is 19.3. The molecule has 7 heteroatoms. The minimum absolute atomic E-state index is 0.111. The second-order valence-electron chi connectivity index (χ2n) is 7.75. The standard InChI is InChI=1S/C21H24N4OS2/c1-13-3-4-14(2)17(11-13)24-6-8-25(9-7-24)20(26)19-16-12-28-21-15(5-10-27-21)18(16)22-23-19/h3-5,10-11,16,18,22H,6-9,12H2,1-2H3. The second-order valence-corrected chi connectivity index (χ2v) is 9.96. The molecule has 1 amide bonds. The van der Waals surface area contributed by atoms with Gasteiger partial charge in [0.15, 0.2) is 0 Å². The van der Waals surface area contributed by atoms with E-state index >= 15 is 0 Å². The number of nitrogens with zero attached hydrogens (tertiary/aromatic N) is 3. The first-order valence-electron chi connectivity index (χ1n) is 9.76. The number of benzene rings is 1. The molecule has 4 heterocycles. The van der Waals surface area contributed by atoms with Crippen LogP contribution in [-0.2, 0) is 4.79 Å². The van der Waals surface area contributed by atoms with Gasteiger partial charge in [0.25, 0.3) is 5.91 Å². The van der Waals surface area contributed by atoms with E-state index < -0.39 is 0 Å². The Bertz CT molecular complexity index is 946. The highest BCUT2D eigenvalue weighted by Crippen LogP contribution is 2.45. The van der Waals surface area contributed by atoms with Gasteiger partial charge in [0.2, 0.25) is 0 Å². The van der Waals surface area contributed by atoms with Crippen molar-refractivity contribution in [2.45, 2.75) is 24.1 Å². The molecule has 3 aliphatic rings. The quantitative estimate of drug-likeness (QED) is 0.821. The molecule has 0 spiro atoms. The summed E-state index contributed by atoms with van der Waals surface area (Å²) >= 11 is 3.64. The fourth-order valence-corrected chi connectivity index (χ4v) is 6.68. The van der Waals surface area contributed by atoms with Gasteiger partial charge < -0.3 is 15.2 Å². The van der Waals surface area contributed by atoms with Crippen LogP contribution in [0.1, 0.15) is 22.7 Å². The molecular weight excluding hydrogens is 388 g/mol. The number of fused-ring (bicyclic) bond motifs is 3. The number of nitrogens with one attached hydrogen (secondary N) is 1. The van der Waals surface area contributed by atoms with E-state index in [-0.39, 0.29) is 17.9 Å². The molecule has 3 aliphatic heterocycles. The molecule has 0 radical (unpaired) electrons. The van der Waals surface area contributed by atoms with Crippen LogP contribution in [0.25, 0.3) is 0 Å². The van der Waals surface area contributed by atoms with Gasteiger partial charge in [0, 0.05) is 49.1 Å². The maximum atomic E-state index is 13.2. The molecular formula is C21H24N4OS2. The minimum atomic E-state index is 0.111. The molecule has 2 atom stereocenters. The second kappa shape index (κ2) is 7.12. The average molecular weight is 413 g/mol. The van der Waals surface area contributed by atoms with Crippen molar-refractivity contribution in [3.8, 4) is 0 Å². The van der Waals surface area contributed by atoms with Crippen LogP contribution in [0.4, 0.5) is 5.69 Å². The number of carbonyl (C=O) groups is 1. The highest BCUT2D eigenvalue weighted by atomic mass is 32.2. The van der Waals surface area contributed by atoms with Gasteiger partial charge in [-0.15, -0.1) is 23.1 Å². The molecule has 1 N–H and O–H groups in total. The van der Waals surface area contributed by atoms with Gasteiger partial charge in [0.05, 0.1) is 10.3 Å². The fourth-order valence-electron chi connectivity index (χ4n) is 4.33. The maximum absolute atomic E-state index is 13.2. The lowest BCUT2D eigenvalue weighted by molar-refractivity contribution is -0.124. The molecule has 1 fully saturated rings. The number of aryl methyl sites for hydroxylation is 2. The Kier molecular flexibility index (Phi) is 4.59. The van der Waals surface area contributed by atoms with E-state index in [1.807, 2.05) is 16.7 Å². The molecule has 0 aliphatic carbocycles. The number of carbonyl (C=O) groups excluding carboxylic acids is 1. The van der Waals surface area contributed by atoms with Crippen LogP contribution >= 0.6 is 23.1 Å². The van der Waals surface area contributed by atoms with Crippen LogP contribution in [0.3, 0.4) is 0 Å². The molecule has 2 aromatic rings. The Hall–Kier alpha value is -1.99. The maximum Gasteiger partial charge on any atom is 0.270 e. The third kappa shape index (κ3) is 3.01. The number of hydrogen-bond donors (Lipinski definition) is 1. The first-order chi connectivity index (χ1) is 13.6. The van der Waals surface area contributed by atoms with Crippen LogP contribution < -0.4 is 10.3 Å². The monoisotopic (exact) mass is 412 g/mol. The van der Waals surface area contributed by atoms with E-state index in [1.165, 1.54) is 26.6 Å². The minimum Gasteiger partial charge on any atom is -0.368 e. The summed E-state index contributed by atoms with van der Waals surface area (Å²) in [7, 11) is 0. The van der Waals surface area contributed by atoms with E-state index in [0.717, 1.165) is 37.6 Å². The number of rotatable bonds is 2. The highest BCUT2D eigenvalue weighted by molar-refractivity contribution is 8.01. The molecule has 5 rings (SSSR count). The Balaban J connectivity index is 1.26. The van der Waals surface area contributed by atoms with Crippen molar-refractivity contribution >= 4 is 40.4 Å². The molecule has 0 saturated carbocycles. The van der Waals surface area contributed by atoms with Crippen molar-refractivity contribution in [1.82, 2.24) is 10.3 Å². The third-order valence-electron chi connectivity index (χ3n) is 5.96. The Morgan fingerprint density at radius 3 is 2.82 bits per heavy atom. The van der Waals surface area contributed by atoms with Crippen LogP contribution in [0, 0.1) is 19.8 Å². The number of anilines is 1. The Labute approximate surface area is 173 Å². The van der Waals surface area contributed by atoms with Crippen molar-refractivity contribution < 1.29 is 4.79 Å². The van der Waals surface area contributed by atoms with Crippen LogP contribution in [0.2, 0.25) is 0 Å². The van der Waals surface area contributed by atoms with Gasteiger partial charge in [-0.05, 0) is 42.5 Å². The van der Waals surface area contributed by atoms with Gasteiger partial charge >= 0.3 is 0 Å². The molecule has 1 aromatic heterocycles. The molecule has 28 heavy (non-hydrogen) atoms. The van der Waals surface area contributed by atoms with Crippen molar-refractivity contribution in [1.29, 1.82) is 0 Å². The summed E-state index contributed by atoms with van der Waals surface area (Å²) in [5.74, 6) is 1.22. The van der Waals surface area contributed by atoms with Crippen LogP contribution in [0.15, 0.2) is 39.0 Å². The Morgan fingerprint density at radius 1 is 1.18 bits per heavy atom. The summed E-state index contributed by atoms with van der Waals surface area (Å²) in [5.41, 5.74) is 9.13. The summed E-state index contributed by atoms with van der Waals surface area (Å²) in [4.78, 5) is 17.6. The number of hydrogen-bond acceptors (Lipinski definition) is 6. The molecule has 2 unspecified atom stereocenters. The Morgan fingerprint density at radius 2 is 2.00 bits per heavy atom. The van der Waals surface area contributed by atoms with Gasteiger partial charge in [-0.25, -0.2) is 0 Å². The number of thiophene rings is 1. The van der Waals surface area contributed by atoms with E-state index in [0.29, 0.717) is 0 Å². The van der Waals surface area contributed by atoms with E-state index in [4.69, 9.17) is 0 Å². The summed E-state index contributed by atoms with van der Waals surface area (Å²) in [6.07, 6.45) is 0. The van der Waals surface area contributed by atoms with Crippen molar-refractivity contribution in [2.24, 2.45) is 11.0 Å². The largest absolute Gasteiger partial charge is 0.368 e. The summed E-state index contributed by atoms with van der Waals surface area (Å²) < 4.78 is 1.36. The summed E-state index contributed by atoms with van der Waals surface area (Å²) in [6, 6.07) is 8.92. The molecule has 1 aromatic carbocycles. The number of amides is 1. The predicted octanol–water partition coefficient (Wildman–Crippen LogP) is 3.44.